The first-order chi connectivity index (χ1) is 8.93. The second kappa shape index (κ2) is 7.24. The average molecular weight is 269 g/mol. The Morgan fingerprint density at radius 1 is 1.26 bits per heavy atom. The van der Waals surface area contributed by atoms with Gasteiger partial charge < -0.3 is 10.1 Å². The molecule has 19 heavy (non-hydrogen) atoms. The smallest absolute Gasteiger partial charge is 0.387 e. The van der Waals surface area contributed by atoms with Crippen molar-refractivity contribution in [3.05, 3.63) is 34.9 Å². The van der Waals surface area contributed by atoms with Crippen LogP contribution in [0.5, 0.6) is 5.75 Å². The predicted octanol–water partition coefficient (Wildman–Crippen LogP) is 3.92. The highest BCUT2D eigenvalue weighted by Crippen LogP contribution is 2.26. The molecule has 0 radical (unpaired) electrons. The van der Waals surface area contributed by atoms with Crippen LogP contribution in [-0.2, 0) is 0 Å². The molecule has 106 valence electrons. The number of hydrogen-bond donors (Lipinski definition) is 1. The van der Waals surface area contributed by atoms with E-state index in [1.54, 1.807) is 13.8 Å². The van der Waals surface area contributed by atoms with Gasteiger partial charge in [-0.1, -0.05) is 19.1 Å². The van der Waals surface area contributed by atoms with Crippen molar-refractivity contribution in [2.45, 2.75) is 40.3 Å². The molecule has 0 amide bonds. The number of rotatable bonds is 6. The molecule has 0 aliphatic carbocycles. The third-order valence-corrected chi connectivity index (χ3v) is 2.79. The molecule has 1 aromatic rings. The minimum absolute atomic E-state index is 0.270. The number of aryl methyl sites for hydroxylation is 2. The summed E-state index contributed by atoms with van der Waals surface area (Å²) in [7, 11) is 0. The number of benzene rings is 1. The molecule has 1 rings (SSSR count). The van der Waals surface area contributed by atoms with E-state index < -0.39 is 6.61 Å². The number of alkyl halides is 2. The van der Waals surface area contributed by atoms with Crippen LogP contribution in [0.3, 0.4) is 0 Å². The van der Waals surface area contributed by atoms with Crippen molar-refractivity contribution in [1.82, 2.24) is 5.32 Å². The summed E-state index contributed by atoms with van der Waals surface area (Å²) in [6.45, 7) is 5.78. The Kier molecular flexibility index (Phi) is 5.96. The summed E-state index contributed by atoms with van der Waals surface area (Å²) < 4.78 is 29.1. The Morgan fingerprint density at radius 3 is 2.32 bits per heavy atom. The molecule has 2 nitrogen and oxygen atoms in total. The monoisotopic (exact) mass is 269 g/mol. The molecule has 0 spiro atoms. The van der Waals surface area contributed by atoms with E-state index in [9.17, 15) is 8.78 Å². The lowest BCUT2D eigenvalue weighted by atomic mass is 10.0. The average Bonchev–Trinajstić information content (AvgIpc) is 2.31. The van der Waals surface area contributed by atoms with Crippen LogP contribution in [0.1, 0.15) is 30.5 Å². The third kappa shape index (κ3) is 4.99. The van der Waals surface area contributed by atoms with Gasteiger partial charge in [0.1, 0.15) is 5.75 Å². The van der Waals surface area contributed by atoms with Gasteiger partial charge in [-0.2, -0.15) is 8.78 Å². The van der Waals surface area contributed by atoms with Crippen molar-refractivity contribution in [3.63, 3.8) is 0 Å². The van der Waals surface area contributed by atoms with Crippen molar-refractivity contribution in [2.24, 2.45) is 0 Å². The zero-order valence-corrected chi connectivity index (χ0v) is 11.8. The van der Waals surface area contributed by atoms with Crippen molar-refractivity contribution in [3.8, 4) is 5.75 Å². The number of likely N-dealkylation sites (N-methyl/N-ethyl adjacent to an activating group) is 1. The maximum absolute atomic E-state index is 12.3. The minimum Gasteiger partial charge on any atom is -0.434 e. The molecule has 0 bridgehead atoms. The Hall–Kier alpha value is -1.42. The van der Waals surface area contributed by atoms with Crippen molar-refractivity contribution in [1.29, 1.82) is 0 Å². The van der Waals surface area contributed by atoms with Crippen LogP contribution in [0.2, 0.25) is 0 Å². The molecule has 1 aromatic carbocycles. The number of hydrogen-bond acceptors (Lipinski definition) is 2. The lowest BCUT2D eigenvalue weighted by Gasteiger charge is -2.12. The summed E-state index contributed by atoms with van der Waals surface area (Å²) in [4.78, 5) is 0. The number of halogens is 2. The SMILES string of the molecule is CCNC(C)/C=C/c1cc(C)c(OC(F)F)c(C)c1. The molecule has 0 aliphatic heterocycles. The van der Waals surface area contributed by atoms with E-state index in [0.717, 1.165) is 23.2 Å². The van der Waals surface area contributed by atoms with Crippen LogP contribution >= 0.6 is 0 Å². The van der Waals surface area contributed by atoms with Gasteiger partial charge in [0.25, 0.3) is 0 Å². The molecule has 1 N–H and O–H groups in total. The molecule has 1 unspecified atom stereocenters. The van der Waals surface area contributed by atoms with Crippen LogP contribution < -0.4 is 10.1 Å². The summed E-state index contributed by atoms with van der Waals surface area (Å²) in [5.41, 5.74) is 2.42. The zero-order chi connectivity index (χ0) is 14.4. The zero-order valence-electron chi connectivity index (χ0n) is 11.8. The Bertz CT molecular complexity index is 421. The summed E-state index contributed by atoms with van der Waals surface area (Å²) in [5, 5.41) is 3.27. The molecular formula is C15H21F2NO. The topological polar surface area (TPSA) is 21.3 Å². The van der Waals surface area contributed by atoms with Gasteiger partial charge in [-0.25, -0.2) is 0 Å². The summed E-state index contributed by atoms with van der Waals surface area (Å²) >= 11 is 0. The van der Waals surface area contributed by atoms with Gasteiger partial charge in [0.15, 0.2) is 0 Å². The Balaban J connectivity index is 2.88. The molecule has 0 fully saturated rings. The van der Waals surface area contributed by atoms with Crippen molar-refractivity contribution >= 4 is 6.08 Å². The maximum Gasteiger partial charge on any atom is 0.387 e. The van der Waals surface area contributed by atoms with Crippen LogP contribution in [0.25, 0.3) is 6.08 Å². The van der Waals surface area contributed by atoms with Gasteiger partial charge in [-0.3, -0.25) is 0 Å². The quantitative estimate of drug-likeness (QED) is 0.845. The van der Waals surface area contributed by atoms with Crippen LogP contribution in [-0.4, -0.2) is 19.2 Å². The highest BCUT2D eigenvalue weighted by atomic mass is 19.3. The van der Waals surface area contributed by atoms with E-state index in [2.05, 4.69) is 23.9 Å². The third-order valence-electron chi connectivity index (χ3n) is 2.79. The Labute approximate surface area is 113 Å². The lowest BCUT2D eigenvalue weighted by molar-refractivity contribution is -0.0507. The molecular weight excluding hydrogens is 248 g/mol. The van der Waals surface area contributed by atoms with Crippen molar-refractivity contribution in [2.75, 3.05) is 6.54 Å². The summed E-state index contributed by atoms with van der Waals surface area (Å²) in [5.74, 6) is 0.270. The van der Waals surface area contributed by atoms with Crippen molar-refractivity contribution < 1.29 is 13.5 Å². The first kappa shape index (κ1) is 15.6. The van der Waals surface area contributed by atoms with E-state index in [1.807, 2.05) is 24.3 Å². The standard InChI is InChI=1S/C15H21F2NO/c1-5-18-12(4)6-7-13-8-10(2)14(11(3)9-13)19-15(16)17/h6-9,12,15,18H,5H2,1-4H3/b7-6+. The van der Waals surface area contributed by atoms with E-state index in [1.165, 1.54) is 0 Å². The van der Waals surface area contributed by atoms with Gasteiger partial charge in [0.2, 0.25) is 0 Å². The highest BCUT2D eigenvalue weighted by molar-refractivity contribution is 5.56. The molecule has 0 saturated heterocycles. The van der Waals surface area contributed by atoms with Gasteiger partial charge in [0, 0.05) is 6.04 Å². The Morgan fingerprint density at radius 2 is 1.84 bits per heavy atom. The second-order valence-corrected chi connectivity index (χ2v) is 4.57. The second-order valence-electron chi connectivity index (χ2n) is 4.57. The summed E-state index contributed by atoms with van der Waals surface area (Å²) in [6.07, 6.45) is 4.03. The fourth-order valence-electron chi connectivity index (χ4n) is 2.00. The van der Waals surface area contributed by atoms with Gasteiger partial charge in [0.05, 0.1) is 0 Å². The lowest BCUT2D eigenvalue weighted by Crippen LogP contribution is -2.22. The van der Waals surface area contributed by atoms with E-state index in [0.29, 0.717) is 0 Å². The first-order valence-corrected chi connectivity index (χ1v) is 6.41. The van der Waals surface area contributed by atoms with E-state index in [-0.39, 0.29) is 11.8 Å². The van der Waals surface area contributed by atoms with Crippen LogP contribution in [0.4, 0.5) is 8.78 Å². The largest absolute Gasteiger partial charge is 0.434 e. The molecule has 0 heterocycles. The first-order valence-electron chi connectivity index (χ1n) is 6.41. The highest BCUT2D eigenvalue weighted by Gasteiger charge is 2.10. The van der Waals surface area contributed by atoms with Crippen LogP contribution in [0.15, 0.2) is 18.2 Å². The van der Waals surface area contributed by atoms with Gasteiger partial charge in [-0.05, 0) is 56.1 Å². The molecule has 0 aliphatic rings. The van der Waals surface area contributed by atoms with E-state index in [4.69, 9.17) is 0 Å². The normalized spacial score (nSPS) is 13.2. The fraction of sp³-hybridized carbons (Fsp3) is 0.467. The number of ether oxygens (including phenoxy) is 1. The van der Waals surface area contributed by atoms with Gasteiger partial charge >= 0.3 is 6.61 Å². The van der Waals surface area contributed by atoms with Crippen LogP contribution in [0, 0.1) is 13.8 Å². The molecule has 4 heteroatoms. The molecule has 1 atom stereocenters. The summed E-state index contributed by atoms with van der Waals surface area (Å²) in [6, 6.07) is 3.97. The fourth-order valence-corrected chi connectivity index (χ4v) is 2.00. The predicted molar refractivity (Wildman–Crippen MR) is 74.7 cm³/mol. The number of nitrogens with one attached hydrogen (secondary N) is 1. The minimum atomic E-state index is -2.78. The van der Waals surface area contributed by atoms with Gasteiger partial charge in [-0.15, -0.1) is 0 Å². The maximum atomic E-state index is 12.3. The van der Waals surface area contributed by atoms with E-state index >= 15 is 0 Å². The molecule has 0 aromatic heterocycles. The molecule has 0 saturated carbocycles.